The van der Waals surface area contributed by atoms with Crippen LogP contribution in [0.5, 0.6) is 0 Å². The van der Waals surface area contributed by atoms with Gasteiger partial charge in [0.15, 0.2) is 0 Å². The van der Waals surface area contributed by atoms with E-state index in [0.717, 1.165) is 44.9 Å². The Morgan fingerprint density at radius 2 is 0.610 bits per heavy atom. The number of carbonyl (C=O) groups excluding carboxylic acids is 2. The van der Waals surface area contributed by atoms with Crippen molar-refractivity contribution in [3.05, 3.63) is 12.2 Å². The van der Waals surface area contributed by atoms with Crippen LogP contribution in [0.15, 0.2) is 12.2 Å². The van der Waals surface area contributed by atoms with Crippen LogP contribution in [0.2, 0.25) is 0 Å². The molecule has 0 aromatic heterocycles. The summed E-state index contributed by atoms with van der Waals surface area (Å²) in [5, 5.41) is 23.4. The molecule has 6 heteroatoms. The number of hydrogen-bond acceptors (Lipinski definition) is 5. The van der Waals surface area contributed by atoms with E-state index in [1.165, 1.54) is 327 Å². The molecule has 1 amide bonds. The van der Waals surface area contributed by atoms with Gasteiger partial charge in [-0.1, -0.05) is 353 Å². The number of ether oxygens (including phenoxy) is 1. The van der Waals surface area contributed by atoms with E-state index in [4.69, 9.17) is 4.74 Å². The molecule has 0 aromatic rings. The fourth-order valence-corrected chi connectivity index (χ4v) is 11.4. The van der Waals surface area contributed by atoms with Crippen LogP contribution in [0, 0.1) is 0 Å². The quantitative estimate of drug-likeness (QED) is 0.0320. The Bertz CT molecular complexity index is 1160. The summed E-state index contributed by atoms with van der Waals surface area (Å²) in [6.45, 7) is 4.98. The molecular weight excluding hydrogens is 947 g/mol. The van der Waals surface area contributed by atoms with E-state index < -0.39 is 12.1 Å². The number of carbonyl (C=O) groups is 2. The minimum absolute atomic E-state index is 0.0105. The van der Waals surface area contributed by atoms with Gasteiger partial charge >= 0.3 is 5.97 Å². The molecule has 458 valence electrons. The molecule has 0 aromatic carbocycles. The second kappa shape index (κ2) is 67.1. The predicted octanol–water partition coefficient (Wildman–Crippen LogP) is 22.8. The van der Waals surface area contributed by atoms with Crippen LogP contribution < -0.4 is 5.32 Å². The SMILES string of the molecule is CCCCCC/C=C\CCCCCCCC(=O)OCCCCCCCCCCCCCCCCCCCCCCCCCCCCCCC(=O)NC(CO)C(O)CCCCCCCCCCCCCCCCCCCCC. The summed E-state index contributed by atoms with van der Waals surface area (Å²) >= 11 is 0. The number of allylic oxidation sites excluding steroid dienone is 2. The lowest BCUT2D eigenvalue weighted by Crippen LogP contribution is -2.45. The number of nitrogens with one attached hydrogen (secondary N) is 1. The number of aliphatic hydroxyl groups excluding tert-OH is 2. The van der Waals surface area contributed by atoms with Gasteiger partial charge in [-0.2, -0.15) is 0 Å². The first-order valence-corrected chi connectivity index (χ1v) is 35.4. The Hall–Kier alpha value is -1.40. The maximum atomic E-state index is 12.5. The maximum absolute atomic E-state index is 12.5. The molecule has 0 saturated heterocycles. The molecule has 6 nitrogen and oxygen atoms in total. The van der Waals surface area contributed by atoms with E-state index in [-0.39, 0.29) is 18.5 Å². The van der Waals surface area contributed by atoms with Crippen molar-refractivity contribution in [3.8, 4) is 0 Å². The molecule has 77 heavy (non-hydrogen) atoms. The smallest absolute Gasteiger partial charge is 0.305 e. The lowest BCUT2D eigenvalue weighted by Gasteiger charge is -2.22. The molecule has 0 spiro atoms. The second-order valence-corrected chi connectivity index (χ2v) is 24.6. The first kappa shape index (κ1) is 75.6. The standard InChI is InChI=1S/C71H139NO5/c1-3-5-7-9-11-13-15-17-18-19-30-33-36-40-43-47-51-55-59-63-69(74)68(67-73)72-70(75)64-60-56-52-48-44-41-37-34-31-28-26-24-22-20-21-23-25-27-29-32-35-38-42-46-50-54-58-62-66-77-71(76)65-61-57-53-49-45-39-16-14-12-10-8-6-4-2/h14,16,68-69,73-74H,3-13,15,17-67H2,1-2H3,(H,72,75)/b16-14-. The first-order valence-electron chi connectivity index (χ1n) is 35.4. The molecule has 0 aliphatic carbocycles. The molecule has 0 aliphatic heterocycles. The Morgan fingerprint density at radius 3 is 0.935 bits per heavy atom. The van der Waals surface area contributed by atoms with Crippen LogP contribution >= 0.6 is 0 Å². The topological polar surface area (TPSA) is 95.9 Å². The molecule has 0 saturated carbocycles. The lowest BCUT2D eigenvalue weighted by molar-refractivity contribution is -0.143. The van der Waals surface area contributed by atoms with E-state index in [1.54, 1.807) is 0 Å². The van der Waals surface area contributed by atoms with Crippen molar-refractivity contribution in [2.24, 2.45) is 0 Å². The van der Waals surface area contributed by atoms with Crippen LogP contribution in [-0.2, 0) is 14.3 Å². The van der Waals surface area contributed by atoms with Gasteiger partial charge in [-0.15, -0.1) is 0 Å². The zero-order chi connectivity index (χ0) is 55.7. The van der Waals surface area contributed by atoms with Crippen molar-refractivity contribution in [2.75, 3.05) is 13.2 Å². The molecule has 0 bridgehead atoms. The van der Waals surface area contributed by atoms with Gasteiger partial charge in [0.1, 0.15) is 0 Å². The minimum Gasteiger partial charge on any atom is -0.466 e. The summed E-state index contributed by atoms with van der Waals surface area (Å²) in [6.07, 6.45) is 82.6. The third kappa shape index (κ3) is 63.6. The van der Waals surface area contributed by atoms with Crippen LogP contribution in [0.4, 0.5) is 0 Å². The maximum Gasteiger partial charge on any atom is 0.305 e. The highest BCUT2D eigenvalue weighted by Gasteiger charge is 2.20. The Labute approximate surface area is 482 Å². The lowest BCUT2D eigenvalue weighted by atomic mass is 10.0. The van der Waals surface area contributed by atoms with Crippen LogP contribution in [0.25, 0.3) is 0 Å². The summed E-state index contributed by atoms with van der Waals surface area (Å²) in [5.41, 5.74) is 0. The van der Waals surface area contributed by atoms with Gasteiger partial charge in [-0.3, -0.25) is 9.59 Å². The highest BCUT2D eigenvalue weighted by atomic mass is 16.5. The van der Waals surface area contributed by atoms with Gasteiger partial charge in [0.2, 0.25) is 5.91 Å². The van der Waals surface area contributed by atoms with Crippen molar-refractivity contribution in [1.82, 2.24) is 5.32 Å². The van der Waals surface area contributed by atoms with Crippen LogP contribution in [-0.4, -0.2) is 47.4 Å². The minimum atomic E-state index is -0.662. The third-order valence-corrected chi connectivity index (χ3v) is 16.8. The molecule has 0 rings (SSSR count). The average Bonchev–Trinajstić information content (AvgIpc) is 3.43. The van der Waals surface area contributed by atoms with Crippen molar-refractivity contribution < 1.29 is 24.5 Å². The molecule has 0 fully saturated rings. The Balaban J connectivity index is 3.34. The summed E-state index contributed by atoms with van der Waals surface area (Å²) < 4.78 is 5.48. The summed E-state index contributed by atoms with van der Waals surface area (Å²) in [5.74, 6) is -0.0168. The number of unbranched alkanes of at least 4 members (excludes halogenated alkanes) is 54. The van der Waals surface area contributed by atoms with Crippen LogP contribution in [0.1, 0.15) is 406 Å². The molecule has 3 N–H and O–H groups in total. The summed E-state index contributed by atoms with van der Waals surface area (Å²) in [6, 6.07) is -0.539. The normalized spacial score (nSPS) is 12.5. The van der Waals surface area contributed by atoms with E-state index >= 15 is 0 Å². The highest BCUT2D eigenvalue weighted by molar-refractivity contribution is 5.76. The highest BCUT2D eigenvalue weighted by Crippen LogP contribution is 2.19. The molecule has 0 heterocycles. The summed E-state index contributed by atoms with van der Waals surface area (Å²) in [7, 11) is 0. The number of hydrogen-bond donors (Lipinski definition) is 3. The van der Waals surface area contributed by atoms with Gasteiger partial charge < -0.3 is 20.3 Å². The second-order valence-electron chi connectivity index (χ2n) is 24.6. The largest absolute Gasteiger partial charge is 0.466 e. The van der Waals surface area contributed by atoms with E-state index in [0.29, 0.717) is 25.9 Å². The molecule has 2 atom stereocenters. The van der Waals surface area contributed by atoms with Gasteiger partial charge in [-0.25, -0.2) is 0 Å². The third-order valence-electron chi connectivity index (χ3n) is 16.8. The fourth-order valence-electron chi connectivity index (χ4n) is 11.4. The Kier molecular flexibility index (Phi) is 65.9. The van der Waals surface area contributed by atoms with Gasteiger partial charge in [-0.05, 0) is 51.4 Å². The predicted molar refractivity (Wildman–Crippen MR) is 338 cm³/mol. The van der Waals surface area contributed by atoms with Gasteiger partial charge in [0, 0.05) is 12.8 Å². The van der Waals surface area contributed by atoms with Crippen molar-refractivity contribution in [1.29, 1.82) is 0 Å². The zero-order valence-electron chi connectivity index (χ0n) is 52.5. The van der Waals surface area contributed by atoms with Crippen molar-refractivity contribution >= 4 is 11.9 Å². The molecule has 0 aliphatic rings. The van der Waals surface area contributed by atoms with Crippen LogP contribution in [0.3, 0.4) is 0 Å². The number of aliphatic hydroxyl groups is 2. The summed E-state index contributed by atoms with van der Waals surface area (Å²) in [4.78, 5) is 24.6. The van der Waals surface area contributed by atoms with E-state index in [9.17, 15) is 19.8 Å². The Morgan fingerprint density at radius 1 is 0.351 bits per heavy atom. The van der Waals surface area contributed by atoms with E-state index in [1.807, 2.05) is 0 Å². The molecular formula is C71H139NO5. The molecule has 2 unspecified atom stereocenters. The molecule has 0 radical (unpaired) electrons. The number of rotatable bonds is 67. The average molecular weight is 1090 g/mol. The van der Waals surface area contributed by atoms with Crippen molar-refractivity contribution in [3.63, 3.8) is 0 Å². The number of esters is 1. The fraction of sp³-hybridized carbons (Fsp3) is 0.944. The zero-order valence-corrected chi connectivity index (χ0v) is 52.5. The monoisotopic (exact) mass is 1090 g/mol. The van der Waals surface area contributed by atoms with E-state index in [2.05, 4.69) is 31.3 Å². The first-order chi connectivity index (χ1) is 38.0. The van der Waals surface area contributed by atoms with Gasteiger partial charge in [0.05, 0.1) is 25.4 Å². The van der Waals surface area contributed by atoms with Crippen molar-refractivity contribution in [2.45, 2.75) is 418 Å². The number of amides is 1. The van der Waals surface area contributed by atoms with Gasteiger partial charge in [0.25, 0.3) is 0 Å².